The van der Waals surface area contributed by atoms with Crippen LogP contribution in [0.5, 0.6) is 0 Å². The van der Waals surface area contributed by atoms with Crippen LogP contribution in [-0.4, -0.2) is 29.1 Å². The van der Waals surface area contributed by atoms with Gasteiger partial charge in [0, 0.05) is 0 Å². The molecule has 0 radical (unpaired) electrons. The van der Waals surface area contributed by atoms with Crippen molar-refractivity contribution in [2.24, 2.45) is 5.73 Å². The van der Waals surface area contributed by atoms with Gasteiger partial charge in [0.25, 0.3) is 0 Å². The van der Waals surface area contributed by atoms with Gasteiger partial charge in [-0.3, -0.25) is 4.79 Å². The van der Waals surface area contributed by atoms with E-state index >= 15 is 0 Å². The van der Waals surface area contributed by atoms with Crippen LogP contribution in [0.2, 0.25) is 0 Å². The Morgan fingerprint density at radius 2 is 2.18 bits per heavy atom. The summed E-state index contributed by atoms with van der Waals surface area (Å²) >= 11 is 1.60. The van der Waals surface area contributed by atoms with Crippen molar-refractivity contribution < 1.29 is 73.7 Å². The second-order valence-electron chi connectivity index (χ2n) is 1.73. The van der Waals surface area contributed by atoms with E-state index in [1.807, 2.05) is 6.26 Å². The van der Waals surface area contributed by atoms with Crippen LogP contribution in [0.4, 0.5) is 0 Å². The van der Waals surface area contributed by atoms with Crippen molar-refractivity contribution in [3.05, 3.63) is 0 Å². The fourth-order valence-corrected chi connectivity index (χ4v) is 0.858. The van der Waals surface area contributed by atoms with Gasteiger partial charge in [0.1, 0.15) is 6.04 Å². The molecule has 3 N–H and O–H groups in total. The molecule has 1 unspecified atom stereocenters. The number of hydrogen-bond acceptors (Lipinski definition) is 3. The van der Waals surface area contributed by atoms with Gasteiger partial charge < -0.3 is 23.2 Å². The van der Waals surface area contributed by atoms with Crippen molar-refractivity contribution in [1.82, 2.24) is 0 Å². The van der Waals surface area contributed by atoms with E-state index in [9.17, 15) is 4.79 Å². The van der Waals surface area contributed by atoms with Gasteiger partial charge in [-0.15, -0.1) is 0 Å². The molecular weight excluding hydrogens is 213 g/mol. The fourth-order valence-electron chi connectivity index (χ4n) is 0.368. The van der Waals surface area contributed by atoms with Crippen LogP contribution >= 0.6 is 11.8 Å². The van der Waals surface area contributed by atoms with Gasteiger partial charge in [-0.1, -0.05) is 0 Å². The van der Waals surface area contributed by atoms with E-state index < -0.39 is 12.0 Å². The third-order valence-electron chi connectivity index (χ3n) is 0.950. The molecule has 0 spiro atoms. The minimum atomic E-state index is -0.913. The van der Waals surface area contributed by atoms with Crippen LogP contribution in [0.15, 0.2) is 0 Å². The topological polar surface area (TPSA) is 63.3 Å². The van der Waals surface area contributed by atoms with Gasteiger partial charge in [0.15, 0.2) is 0 Å². The second-order valence-corrected chi connectivity index (χ2v) is 2.71. The Hall–Kier alpha value is 1.71. The molecule has 0 amide bonds. The molecular formula is C5H11ClKNO2S. The van der Waals surface area contributed by atoms with Gasteiger partial charge in [-0.05, 0) is 18.4 Å². The number of carbonyl (C=O) groups is 1. The average Bonchev–Trinajstić information content (AvgIpc) is 1.82. The van der Waals surface area contributed by atoms with Crippen LogP contribution in [0, 0.1) is 0 Å². The van der Waals surface area contributed by atoms with Gasteiger partial charge >= 0.3 is 57.4 Å². The first-order valence-corrected chi connectivity index (χ1v) is 4.05. The van der Waals surface area contributed by atoms with E-state index in [0.29, 0.717) is 6.42 Å². The Morgan fingerprint density at radius 3 is 2.45 bits per heavy atom. The summed E-state index contributed by atoms with van der Waals surface area (Å²) in [5.74, 6) is -0.1000. The summed E-state index contributed by atoms with van der Waals surface area (Å²) in [5.41, 5.74) is 5.19. The number of carboxylic acid groups (broad SMARTS) is 1. The van der Waals surface area contributed by atoms with Crippen LogP contribution < -0.4 is 69.5 Å². The van der Waals surface area contributed by atoms with Gasteiger partial charge in [-0.2, -0.15) is 11.8 Å². The van der Waals surface area contributed by atoms with Crippen molar-refractivity contribution in [3.63, 3.8) is 0 Å². The summed E-state index contributed by atoms with van der Waals surface area (Å²) in [6, 6.07) is -0.683. The maximum atomic E-state index is 10.1. The molecule has 62 valence electrons. The van der Waals surface area contributed by atoms with Crippen molar-refractivity contribution in [1.29, 1.82) is 0 Å². The summed E-state index contributed by atoms with van der Waals surface area (Å²) in [5, 5.41) is 8.27. The first-order valence-electron chi connectivity index (χ1n) is 2.65. The van der Waals surface area contributed by atoms with Gasteiger partial charge in [-0.25, -0.2) is 0 Å². The molecule has 0 aliphatic rings. The van der Waals surface area contributed by atoms with E-state index in [-0.39, 0.29) is 63.8 Å². The number of nitrogens with two attached hydrogens (primary N) is 1. The summed E-state index contributed by atoms with van der Waals surface area (Å²) in [6.07, 6.45) is 2.48. The van der Waals surface area contributed by atoms with Crippen molar-refractivity contribution in [2.75, 3.05) is 12.0 Å². The number of carboxylic acids is 1. The third kappa shape index (κ3) is 11.7. The molecule has 0 heterocycles. The Morgan fingerprint density at radius 1 is 1.73 bits per heavy atom. The summed E-state index contributed by atoms with van der Waals surface area (Å²) < 4.78 is 0. The molecule has 0 saturated heterocycles. The van der Waals surface area contributed by atoms with Crippen molar-refractivity contribution >= 4 is 17.7 Å². The smallest absolute Gasteiger partial charge is 1.00 e. The number of aliphatic carboxylic acids is 1. The molecule has 1 atom stereocenters. The molecule has 0 aromatic rings. The maximum absolute atomic E-state index is 10.1. The zero-order valence-corrected chi connectivity index (χ0v) is 11.4. The first-order chi connectivity index (χ1) is 4.18. The molecule has 0 aromatic carbocycles. The molecule has 0 aliphatic carbocycles. The average molecular weight is 224 g/mol. The van der Waals surface area contributed by atoms with Crippen molar-refractivity contribution in [2.45, 2.75) is 12.5 Å². The van der Waals surface area contributed by atoms with Crippen LogP contribution in [0.3, 0.4) is 0 Å². The molecule has 0 fully saturated rings. The standard InChI is InChI=1S/C5H11NO2S.ClH.K/c1-9-3-2-4(6)5(7)8;;/h4H,2-3,6H2,1H3,(H,7,8);1H;/q;;+1/p-1. The SMILES string of the molecule is CSCCC(N)C(=O)O.[Cl-].[K+]. The van der Waals surface area contributed by atoms with Crippen LogP contribution in [0.1, 0.15) is 6.42 Å². The van der Waals surface area contributed by atoms with E-state index in [1.54, 1.807) is 11.8 Å². The van der Waals surface area contributed by atoms with Crippen LogP contribution in [0.25, 0.3) is 0 Å². The molecule has 0 bridgehead atoms. The minimum Gasteiger partial charge on any atom is -1.00 e. The van der Waals surface area contributed by atoms with E-state index in [2.05, 4.69) is 0 Å². The largest absolute Gasteiger partial charge is 1.00 e. The summed E-state index contributed by atoms with van der Waals surface area (Å²) in [7, 11) is 0. The Bertz CT molecular complexity index is 106. The molecule has 3 nitrogen and oxygen atoms in total. The van der Waals surface area contributed by atoms with Gasteiger partial charge in [0.05, 0.1) is 0 Å². The van der Waals surface area contributed by atoms with E-state index in [0.717, 1.165) is 5.75 Å². The maximum Gasteiger partial charge on any atom is 1.00 e. The number of thioether (sulfide) groups is 1. The minimum absolute atomic E-state index is 0. The summed E-state index contributed by atoms with van der Waals surface area (Å²) in [4.78, 5) is 10.1. The van der Waals surface area contributed by atoms with Crippen molar-refractivity contribution in [3.8, 4) is 0 Å². The quantitative estimate of drug-likeness (QED) is 0.467. The number of halogens is 1. The first kappa shape index (κ1) is 18.5. The second kappa shape index (κ2) is 11.7. The molecule has 0 saturated carbocycles. The Kier molecular flexibility index (Phi) is 19.7. The predicted octanol–water partition coefficient (Wildman–Crippen LogP) is -5.84. The molecule has 6 heteroatoms. The summed E-state index contributed by atoms with van der Waals surface area (Å²) in [6.45, 7) is 0. The Balaban J connectivity index is -0.000000320. The van der Waals surface area contributed by atoms with E-state index in [4.69, 9.17) is 10.8 Å². The number of rotatable bonds is 4. The molecule has 0 aromatic heterocycles. The zero-order valence-electron chi connectivity index (χ0n) is 6.71. The molecule has 0 aliphatic heterocycles. The molecule has 0 rings (SSSR count). The molecule has 11 heavy (non-hydrogen) atoms. The zero-order chi connectivity index (χ0) is 7.28. The normalized spacial score (nSPS) is 10.7. The predicted molar refractivity (Wildman–Crippen MR) is 38.6 cm³/mol. The Labute approximate surface area is 120 Å². The van der Waals surface area contributed by atoms with E-state index in [1.165, 1.54) is 0 Å². The monoisotopic (exact) mass is 223 g/mol. The third-order valence-corrected chi connectivity index (χ3v) is 1.59. The number of hydrogen-bond donors (Lipinski definition) is 2. The fraction of sp³-hybridized carbons (Fsp3) is 0.800. The van der Waals surface area contributed by atoms with Gasteiger partial charge in [0.2, 0.25) is 0 Å². The van der Waals surface area contributed by atoms with Crippen LogP contribution in [-0.2, 0) is 4.79 Å².